The van der Waals surface area contributed by atoms with Crippen molar-refractivity contribution in [3.63, 3.8) is 0 Å². The van der Waals surface area contributed by atoms with Crippen molar-refractivity contribution < 1.29 is 28.9 Å². The molecule has 0 bridgehead atoms. The number of aliphatic hydroxyl groups excluding tert-OH is 3. The summed E-state index contributed by atoms with van der Waals surface area (Å²) in [5, 5.41) is 27.9. The molecular weight excluding hydrogens is 278 g/mol. The van der Waals surface area contributed by atoms with Gasteiger partial charge in [-0.25, -0.2) is 8.78 Å². The van der Waals surface area contributed by atoms with Crippen molar-refractivity contribution in [2.75, 3.05) is 5.75 Å². The Hall–Kier alpha value is -1.02. The van der Waals surface area contributed by atoms with Crippen LogP contribution in [-0.4, -0.2) is 32.3 Å². The molecule has 0 aliphatic carbocycles. The van der Waals surface area contributed by atoms with Gasteiger partial charge in [-0.3, -0.25) is 4.79 Å². The fourth-order valence-corrected chi connectivity index (χ4v) is 2.05. The van der Waals surface area contributed by atoms with Crippen LogP contribution in [0.2, 0.25) is 0 Å². The molecule has 0 amide bonds. The first-order chi connectivity index (χ1) is 8.86. The molecule has 106 valence electrons. The second-order valence-electron chi connectivity index (χ2n) is 3.94. The Morgan fingerprint density at radius 2 is 1.84 bits per heavy atom. The Bertz CT molecular complexity index is 444. The number of rotatable bonds is 5. The van der Waals surface area contributed by atoms with Crippen molar-refractivity contribution in [3.05, 3.63) is 34.9 Å². The van der Waals surface area contributed by atoms with E-state index in [1.165, 1.54) is 6.92 Å². The zero-order chi connectivity index (χ0) is 14.6. The maximum atomic E-state index is 13.4. The van der Waals surface area contributed by atoms with E-state index >= 15 is 0 Å². The number of halogens is 2. The van der Waals surface area contributed by atoms with Gasteiger partial charge in [-0.15, -0.1) is 0 Å². The third-order valence-corrected chi connectivity index (χ3v) is 3.40. The number of carbonyl (C=O) groups is 1. The summed E-state index contributed by atoms with van der Waals surface area (Å²) in [7, 11) is 0. The van der Waals surface area contributed by atoms with Gasteiger partial charge in [0, 0.05) is 18.2 Å². The molecule has 0 saturated carbocycles. The zero-order valence-electron chi connectivity index (χ0n) is 10.1. The van der Waals surface area contributed by atoms with E-state index in [-0.39, 0.29) is 16.4 Å². The number of hydrogen-bond donors (Lipinski definition) is 3. The first-order valence-electron chi connectivity index (χ1n) is 5.45. The van der Waals surface area contributed by atoms with Crippen LogP contribution in [0.15, 0.2) is 12.1 Å². The van der Waals surface area contributed by atoms with E-state index in [0.29, 0.717) is 0 Å². The second-order valence-corrected chi connectivity index (χ2v) is 5.13. The monoisotopic (exact) mass is 292 g/mol. The SMILES string of the molecule is CC(=O)SCC(O)C(O)c1cc(F)c(CO)c(F)c1. The van der Waals surface area contributed by atoms with Gasteiger partial charge in [0.25, 0.3) is 0 Å². The molecule has 2 atom stereocenters. The first-order valence-corrected chi connectivity index (χ1v) is 6.43. The van der Waals surface area contributed by atoms with Crippen LogP contribution in [-0.2, 0) is 11.4 Å². The molecular formula is C12H14F2O4S. The molecule has 1 aromatic carbocycles. The third kappa shape index (κ3) is 4.24. The van der Waals surface area contributed by atoms with Crippen molar-refractivity contribution >= 4 is 16.9 Å². The van der Waals surface area contributed by atoms with E-state index in [1.807, 2.05) is 0 Å². The second kappa shape index (κ2) is 6.95. The third-order valence-electron chi connectivity index (χ3n) is 2.48. The molecule has 0 saturated heterocycles. The van der Waals surface area contributed by atoms with Gasteiger partial charge in [0.15, 0.2) is 5.12 Å². The summed E-state index contributed by atoms with van der Waals surface area (Å²) in [4.78, 5) is 10.7. The fraction of sp³-hybridized carbons (Fsp3) is 0.417. The molecule has 19 heavy (non-hydrogen) atoms. The van der Waals surface area contributed by atoms with Crippen molar-refractivity contribution in [3.8, 4) is 0 Å². The lowest BCUT2D eigenvalue weighted by Gasteiger charge is -2.18. The van der Waals surface area contributed by atoms with Gasteiger partial charge < -0.3 is 15.3 Å². The maximum Gasteiger partial charge on any atom is 0.185 e. The van der Waals surface area contributed by atoms with Gasteiger partial charge in [0.2, 0.25) is 0 Å². The van der Waals surface area contributed by atoms with E-state index in [0.717, 1.165) is 23.9 Å². The number of carbonyl (C=O) groups excluding carboxylic acids is 1. The summed E-state index contributed by atoms with van der Waals surface area (Å²) in [5.41, 5.74) is -0.646. The highest BCUT2D eigenvalue weighted by molar-refractivity contribution is 8.13. The maximum absolute atomic E-state index is 13.4. The molecule has 0 radical (unpaired) electrons. The molecule has 4 nitrogen and oxygen atoms in total. The lowest BCUT2D eigenvalue weighted by molar-refractivity contribution is -0.109. The number of benzene rings is 1. The summed E-state index contributed by atoms with van der Waals surface area (Å²) in [5.74, 6) is -2.08. The lowest BCUT2D eigenvalue weighted by atomic mass is 10.0. The van der Waals surface area contributed by atoms with E-state index in [9.17, 15) is 23.8 Å². The smallest absolute Gasteiger partial charge is 0.185 e. The highest BCUT2D eigenvalue weighted by atomic mass is 32.2. The van der Waals surface area contributed by atoms with E-state index in [4.69, 9.17) is 5.11 Å². The van der Waals surface area contributed by atoms with Gasteiger partial charge in [-0.1, -0.05) is 11.8 Å². The molecule has 0 aromatic heterocycles. The minimum atomic E-state index is -1.51. The normalized spacial score (nSPS) is 14.2. The number of aliphatic hydroxyl groups is 3. The number of thioether (sulfide) groups is 1. The topological polar surface area (TPSA) is 77.8 Å². The van der Waals surface area contributed by atoms with Crippen molar-refractivity contribution in [1.29, 1.82) is 0 Å². The molecule has 0 aliphatic heterocycles. The summed E-state index contributed by atoms with van der Waals surface area (Å²) < 4.78 is 26.8. The standard InChI is InChI=1S/C12H14F2O4S/c1-6(16)19-5-11(17)12(18)7-2-9(13)8(4-15)10(14)3-7/h2-3,11-12,15,17-18H,4-5H2,1H3. The summed E-state index contributed by atoms with van der Waals surface area (Å²) in [6.07, 6.45) is -2.84. The summed E-state index contributed by atoms with van der Waals surface area (Å²) >= 11 is 0.802. The average Bonchev–Trinajstić information content (AvgIpc) is 2.34. The molecule has 3 N–H and O–H groups in total. The van der Waals surface area contributed by atoms with Gasteiger partial charge >= 0.3 is 0 Å². The van der Waals surface area contributed by atoms with Gasteiger partial charge in [0.05, 0.1) is 12.7 Å². The molecule has 0 fully saturated rings. The largest absolute Gasteiger partial charge is 0.391 e. The summed E-state index contributed by atoms with van der Waals surface area (Å²) in [6, 6.07) is 1.70. The Kier molecular flexibility index (Phi) is 5.86. The molecule has 0 heterocycles. The Morgan fingerprint density at radius 3 is 2.26 bits per heavy atom. The Morgan fingerprint density at radius 1 is 1.32 bits per heavy atom. The lowest BCUT2D eigenvalue weighted by Crippen LogP contribution is -2.22. The predicted octanol–water partition coefficient (Wildman–Crippen LogP) is 1.13. The Labute approximate surface area is 113 Å². The van der Waals surface area contributed by atoms with Crippen LogP contribution in [0.4, 0.5) is 8.78 Å². The van der Waals surface area contributed by atoms with E-state index in [1.54, 1.807) is 0 Å². The van der Waals surface area contributed by atoms with Crippen molar-refractivity contribution in [1.82, 2.24) is 0 Å². The molecule has 0 spiro atoms. The minimum Gasteiger partial charge on any atom is -0.391 e. The molecule has 1 aromatic rings. The van der Waals surface area contributed by atoms with Crippen LogP contribution in [0, 0.1) is 11.6 Å². The van der Waals surface area contributed by atoms with Crippen LogP contribution in [0.5, 0.6) is 0 Å². The van der Waals surface area contributed by atoms with Gasteiger partial charge in [-0.05, 0) is 17.7 Å². The van der Waals surface area contributed by atoms with Crippen molar-refractivity contribution in [2.45, 2.75) is 25.7 Å². The van der Waals surface area contributed by atoms with Gasteiger partial charge in [0.1, 0.15) is 17.7 Å². The predicted molar refractivity (Wildman–Crippen MR) is 66.4 cm³/mol. The molecule has 2 unspecified atom stereocenters. The Balaban J connectivity index is 2.87. The number of hydrogen-bond acceptors (Lipinski definition) is 5. The van der Waals surface area contributed by atoms with Crippen molar-refractivity contribution in [2.24, 2.45) is 0 Å². The van der Waals surface area contributed by atoms with E-state index in [2.05, 4.69) is 0 Å². The minimum absolute atomic E-state index is 0.0819. The highest BCUT2D eigenvalue weighted by Gasteiger charge is 2.22. The van der Waals surface area contributed by atoms with Crippen LogP contribution in [0.3, 0.4) is 0 Å². The fourth-order valence-electron chi connectivity index (χ4n) is 1.46. The van der Waals surface area contributed by atoms with Crippen LogP contribution in [0.25, 0.3) is 0 Å². The highest BCUT2D eigenvalue weighted by Crippen LogP contribution is 2.24. The zero-order valence-corrected chi connectivity index (χ0v) is 11.0. The quantitative estimate of drug-likeness (QED) is 0.758. The molecule has 7 heteroatoms. The molecule has 1 rings (SSSR count). The van der Waals surface area contributed by atoms with Gasteiger partial charge in [-0.2, -0.15) is 0 Å². The van der Waals surface area contributed by atoms with E-state index < -0.39 is 36.0 Å². The summed E-state index contributed by atoms with van der Waals surface area (Å²) in [6.45, 7) is 0.510. The molecule has 0 aliphatic rings. The first kappa shape index (κ1) is 16.0. The van der Waals surface area contributed by atoms with Crippen LogP contribution < -0.4 is 0 Å². The van der Waals surface area contributed by atoms with Crippen LogP contribution >= 0.6 is 11.8 Å². The van der Waals surface area contributed by atoms with Crippen LogP contribution in [0.1, 0.15) is 24.2 Å². The average molecular weight is 292 g/mol.